The van der Waals surface area contributed by atoms with Crippen LogP contribution in [0.25, 0.3) is 0 Å². The molecule has 0 aliphatic heterocycles. The molecular weight excluding hydrogens is 232 g/mol. The minimum atomic E-state index is -0.415. The van der Waals surface area contributed by atoms with Crippen LogP contribution in [0.5, 0.6) is 0 Å². The molecule has 0 radical (unpaired) electrons. The molecular formula is C18H20O. The first-order valence-electron chi connectivity index (χ1n) is 6.67. The van der Waals surface area contributed by atoms with Gasteiger partial charge in [-0.15, -0.1) is 19.7 Å². The third-order valence-corrected chi connectivity index (χ3v) is 4.12. The maximum atomic E-state index is 12.9. The molecule has 1 atom stereocenters. The number of hydrogen-bond donors (Lipinski definition) is 0. The zero-order chi connectivity index (χ0) is 13.9. The number of rotatable bonds is 6. The van der Waals surface area contributed by atoms with Crippen LogP contribution in [0.2, 0.25) is 0 Å². The molecule has 1 aromatic carbocycles. The van der Waals surface area contributed by atoms with E-state index in [4.69, 9.17) is 0 Å². The molecule has 0 bridgehead atoms. The summed E-state index contributed by atoms with van der Waals surface area (Å²) in [5.41, 5.74) is 1.59. The fraction of sp³-hybridized carbons (Fsp3) is 0.278. The Morgan fingerprint density at radius 3 is 2.26 bits per heavy atom. The van der Waals surface area contributed by atoms with Crippen LogP contribution in [0.15, 0.2) is 62.2 Å². The third kappa shape index (κ3) is 1.99. The van der Waals surface area contributed by atoms with Crippen molar-refractivity contribution in [3.63, 3.8) is 0 Å². The predicted molar refractivity (Wildman–Crippen MR) is 80.4 cm³/mol. The van der Waals surface area contributed by atoms with Gasteiger partial charge in [-0.25, -0.2) is 0 Å². The molecule has 1 aliphatic carbocycles. The van der Waals surface area contributed by atoms with Crippen molar-refractivity contribution in [3.8, 4) is 0 Å². The minimum Gasteiger partial charge on any atom is -0.293 e. The summed E-state index contributed by atoms with van der Waals surface area (Å²) in [6, 6.07) is 7.93. The lowest BCUT2D eigenvalue weighted by Gasteiger charge is -2.32. The highest BCUT2D eigenvalue weighted by molar-refractivity contribution is 6.06. The Morgan fingerprint density at radius 1 is 1.05 bits per heavy atom. The molecule has 0 N–H and O–H groups in total. The molecule has 0 heterocycles. The second-order valence-electron chi connectivity index (χ2n) is 5.14. The standard InChI is InChI=1S/C18H20O/c1-4-9-16-14-10-7-8-11-15(14)17(19)18(16,12-5-2)13-6-3/h4-8,10-11,16H,1-3,9,12-13H2. The van der Waals surface area contributed by atoms with E-state index < -0.39 is 5.41 Å². The number of carbonyl (C=O) groups is 1. The lowest BCUT2D eigenvalue weighted by molar-refractivity contribution is 0.0787. The normalized spacial score (nSPS) is 19.8. The van der Waals surface area contributed by atoms with E-state index in [1.165, 1.54) is 0 Å². The van der Waals surface area contributed by atoms with Crippen LogP contribution < -0.4 is 0 Å². The van der Waals surface area contributed by atoms with Crippen LogP contribution in [0.4, 0.5) is 0 Å². The monoisotopic (exact) mass is 252 g/mol. The summed E-state index contributed by atoms with van der Waals surface area (Å²) in [6.07, 6.45) is 7.79. The number of Topliss-reactive ketones (excluding diaryl/α,β-unsaturated/α-hetero) is 1. The van der Waals surface area contributed by atoms with Gasteiger partial charge in [-0.05, 0) is 24.8 Å². The molecule has 1 aliphatic rings. The summed E-state index contributed by atoms with van der Waals surface area (Å²) in [5.74, 6) is 0.416. The van der Waals surface area contributed by atoms with Gasteiger partial charge in [0.25, 0.3) is 0 Å². The third-order valence-electron chi connectivity index (χ3n) is 4.12. The number of benzene rings is 1. The fourth-order valence-electron chi connectivity index (χ4n) is 3.32. The van der Waals surface area contributed by atoms with Gasteiger partial charge >= 0.3 is 0 Å². The first-order valence-corrected chi connectivity index (χ1v) is 6.67. The Labute approximate surface area is 115 Å². The molecule has 0 amide bonds. The van der Waals surface area contributed by atoms with E-state index in [-0.39, 0.29) is 11.7 Å². The van der Waals surface area contributed by atoms with Crippen LogP contribution in [-0.4, -0.2) is 5.78 Å². The highest BCUT2D eigenvalue weighted by Gasteiger charge is 2.50. The Morgan fingerprint density at radius 2 is 1.68 bits per heavy atom. The van der Waals surface area contributed by atoms with Crippen molar-refractivity contribution in [2.24, 2.45) is 5.41 Å². The molecule has 1 nitrogen and oxygen atoms in total. The summed E-state index contributed by atoms with van der Waals surface area (Å²) in [6.45, 7) is 11.5. The van der Waals surface area contributed by atoms with Crippen molar-refractivity contribution in [1.82, 2.24) is 0 Å². The lowest BCUT2D eigenvalue weighted by atomic mass is 9.69. The lowest BCUT2D eigenvalue weighted by Crippen LogP contribution is -2.30. The van der Waals surface area contributed by atoms with E-state index in [0.29, 0.717) is 12.8 Å². The average molecular weight is 252 g/mol. The molecule has 1 aromatic rings. The maximum absolute atomic E-state index is 12.9. The van der Waals surface area contributed by atoms with Crippen LogP contribution in [-0.2, 0) is 0 Å². The first-order chi connectivity index (χ1) is 9.21. The number of carbonyl (C=O) groups excluding carboxylic acids is 1. The molecule has 0 aromatic heterocycles. The van der Waals surface area contributed by atoms with E-state index >= 15 is 0 Å². The SMILES string of the molecule is C=CCC1c2ccccc2C(=O)C1(CC=C)CC=C. The molecule has 0 spiro atoms. The van der Waals surface area contributed by atoms with E-state index in [1.54, 1.807) is 0 Å². The molecule has 0 saturated carbocycles. The first kappa shape index (κ1) is 13.5. The van der Waals surface area contributed by atoms with E-state index in [0.717, 1.165) is 17.5 Å². The van der Waals surface area contributed by atoms with Crippen molar-refractivity contribution in [3.05, 3.63) is 73.4 Å². The highest BCUT2D eigenvalue weighted by Crippen LogP contribution is 2.53. The summed E-state index contributed by atoms with van der Waals surface area (Å²) >= 11 is 0. The van der Waals surface area contributed by atoms with Crippen LogP contribution >= 0.6 is 0 Å². The quantitative estimate of drug-likeness (QED) is 0.672. The zero-order valence-corrected chi connectivity index (χ0v) is 11.3. The predicted octanol–water partition coefficient (Wildman–Crippen LogP) is 4.68. The Hall–Kier alpha value is -1.89. The molecule has 1 heteroatoms. The fourth-order valence-corrected chi connectivity index (χ4v) is 3.32. The molecule has 2 rings (SSSR count). The number of fused-ring (bicyclic) bond motifs is 1. The summed E-state index contributed by atoms with van der Waals surface area (Å²) < 4.78 is 0. The molecule has 19 heavy (non-hydrogen) atoms. The van der Waals surface area contributed by atoms with Crippen molar-refractivity contribution in [1.29, 1.82) is 0 Å². The topological polar surface area (TPSA) is 17.1 Å². The van der Waals surface area contributed by atoms with E-state index in [1.807, 2.05) is 36.4 Å². The largest absolute Gasteiger partial charge is 0.293 e. The molecule has 1 unspecified atom stereocenters. The van der Waals surface area contributed by atoms with Gasteiger partial charge < -0.3 is 0 Å². The highest BCUT2D eigenvalue weighted by atomic mass is 16.1. The maximum Gasteiger partial charge on any atom is 0.170 e. The van der Waals surface area contributed by atoms with Gasteiger partial charge in [0.15, 0.2) is 5.78 Å². The van der Waals surface area contributed by atoms with E-state index in [2.05, 4.69) is 25.8 Å². The van der Waals surface area contributed by atoms with Gasteiger partial charge in [-0.3, -0.25) is 4.79 Å². The second kappa shape index (κ2) is 5.40. The van der Waals surface area contributed by atoms with Gasteiger partial charge in [0.1, 0.15) is 0 Å². The van der Waals surface area contributed by atoms with Crippen molar-refractivity contribution in [2.75, 3.05) is 0 Å². The van der Waals surface area contributed by atoms with E-state index in [9.17, 15) is 4.79 Å². The zero-order valence-electron chi connectivity index (χ0n) is 11.3. The summed E-state index contributed by atoms with van der Waals surface area (Å²) in [5, 5.41) is 0. The Bertz CT molecular complexity index is 514. The van der Waals surface area contributed by atoms with Crippen LogP contribution in [0.1, 0.15) is 41.1 Å². The summed E-state index contributed by atoms with van der Waals surface area (Å²) in [4.78, 5) is 12.9. The number of ketones is 1. The van der Waals surface area contributed by atoms with Gasteiger partial charge in [0.05, 0.1) is 0 Å². The van der Waals surface area contributed by atoms with Crippen molar-refractivity contribution < 1.29 is 4.79 Å². The second-order valence-corrected chi connectivity index (χ2v) is 5.14. The summed E-state index contributed by atoms with van der Waals surface area (Å²) in [7, 11) is 0. The van der Waals surface area contributed by atoms with Gasteiger partial charge in [-0.2, -0.15) is 0 Å². The average Bonchev–Trinajstić information content (AvgIpc) is 2.64. The molecule has 0 saturated heterocycles. The molecule has 98 valence electrons. The van der Waals surface area contributed by atoms with Crippen molar-refractivity contribution in [2.45, 2.75) is 25.2 Å². The van der Waals surface area contributed by atoms with Gasteiger partial charge in [0.2, 0.25) is 0 Å². The van der Waals surface area contributed by atoms with Gasteiger partial charge in [0, 0.05) is 16.9 Å². The number of allylic oxidation sites excluding steroid dienone is 3. The smallest absolute Gasteiger partial charge is 0.170 e. The minimum absolute atomic E-state index is 0.185. The van der Waals surface area contributed by atoms with Crippen molar-refractivity contribution >= 4 is 5.78 Å². The Balaban J connectivity index is 2.59. The van der Waals surface area contributed by atoms with Gasteiger partial charge in [-0.1, -0.05) is 42.5 Å². The Kier molecular flexibility index (Phi) is 3.84. The molecule has 0 fully saturated rings. The van der Waals surface area contributed by atoms with Crippen LogP contribution in [0, 0.1) is 5.41 Å². The number of hydrogen-bond acceptors (Lipinski definition) is 1. The van der Waals surface area contributed by atoms with Crippen LogP contribution in [0.3, 0.4) is 0 Å².